The lowest BCUT2D eigenvalue weighted by Crippen LogP contribution is -2.06. The van der Waals surface area contributed by atoms with E-state index in [-0.39, 0.29) is 0 Å². The molecule has 7 heteroatoms. The fourth-order valence-electron chi connectivity index (χ4n) is 1.88. The Hall–Kier alpha value is -2.60. The topological polar surface area (TPSA) is 76.1 Å². The van der Waals surface area contributed by atoms with Crippen molar-refractivity contribution in [3.8, 4) is 0 Å². The minimum atomic E-state index is -0.433. The number of methoxy groups -OCH3 is 1. The van der Waals surface area contributed by atoms with Gasteiger partial charge in [-0.25, -0.2) is 9.78 Å². The lowest BCUT2D eigenvalue weighted by Gasteiger charge is -2.11. The predicted octanol–water partition coefficient (Wildman–Crippen LogP) is 3.57. The van der Waals surface area contributed by atoms with Crippen LogP contribution in [0.2, 0.25) is 5.02 Å². The normalized spacial score (nSPS) is 10.0. The summed E-state index contributed by atoms with van der Waals surface area (Å²) in [4.78, 5) is 20.2. The maximum Gasteiger partial charge on any atom is 0.337 e. The van der Waals surface area contributed by atoms with Crippen molar-refractivity contribution in [2.24, 2.45) is 0 Å². The van der Waals surface area contributed by atoms with E-state index in [1.54, 1.807) is 30.3 Å². The maximum atomic E-state index is 11.6. The molecule has 0 saturated heterocycles. The third-order valence-electron chi connectivity index (χ3n) is 2.91. The number of nitrogens with one attached hydrogen (secondary N) is 2. The van der Waals surface area contributed by atoms with Gasteiger partial charge in [-0.15, -0.1) is 6.58 Å². The van der Waals surface area contributed by atoms with Crippen LogP contribution >= 0.6 is 11.6 Å². The molecular formula is C16H17ClN4O2. The molecule has 0 atom stereocenters. The molecule has 23 heavy (non-hydrogen) atoms. The van der Waals surface area contributed by atoms with Crippen LogP contribution in [0.15, 0.2) is 36.9 Å². The SMILES string of the molecule is C=CCNc1nc(C)cc(Nc2cc(C(=O)OC)ccc2Cl)n1. The molecule has 1 aromatic heterocycles. The molecule has 1 aromatic carbocycles. The Labute approximate surface area is 139 Å². The van der Waals surface area contributed by atoms with Gasteiger partial charge in [-0.05, 0) is 25.1 Å². The van der Waals surface area contributed by atoms with Crippen molar-refractivity contribution >= 4 is 35.0 Å². The highest BCUT2D eigenvalue weighted by Crippen LogP contribution is 2.26. The van der Waals surface area contributed by atoms with Crippen LogP contribution in [0.5, 0.6) is 0 Å². The summed E-state index contributed by atoms with van der Waals surface area (Å²) in [5.41, 5.74) is 1.74. The van der Waals surface area contributed by atoms with E-state index in [2.05, 4.69) is 27.2 Å². The number of ether oxygens (including phenoxy) is 1. The van der Waals surface area contributed by atoms with Crippen LogP contribution < -0.4 is 10.6 Å². The van der Waals surface area contributed by atoms with Crippen molar-refractivity contribution < 1.29 is 9.53 Å². The highest BCUT2D eigenvalue weighted by Gasteiger charge is 2.10. The number of aryl methyl sites for hydroxylation is 1. The molecule has 0 fully saturated rings. The minimum absolute atomic E-state index is 0.398. The second-order valence-corrected chi connectivity index (χ2v) is 5.11. The number of halogens is 1. The molecule has 6 nitrogen and oxygen atoms in total. The first-order valence-corrected chi connectivity index (χ1v) is 7.26. The molecule has 2 rings (SSSR count). The number of carbonyl (C=O) groups excluding carboxylic acids is 1. The molecule has 0 aliphatic rings. The zero-order valence-corrected chi connectivity index (χ0v) is 13.6. The first-order valence-electron chi connectivity index (χ1n) is 6.89. The van der Waals surface area contributed by atoms with Crippen molar-refractivity contribution in [1.29, 1.82) is 0 Å². The van der Waals surface area contributed by atoms with Gasteiger partial charge in [0.05, 0.1) is 23.4 Å². The van der Waals surface area contributed by atoms with E-state index in [0.717, 1.165) is 5.69 Å². The lowest BCUT2D eigenvalue weighted by molar-refractivity contribution is 0.0601. The summed E-state index contributed by atoms with van der Waals surface area (Å²) in [7, 11) is 1.33. The highest BCUT2D eigenvalue weighted by molar-refractivity contribution is 6.33. The monoisotopic (exact) mass is 332 g/mol. The minimum Gasteiger partial charge on any atom is -0.465 e. The number of esters is 1. The Morgan fingerprint density at radius 3 is 2.87 bits per heavy atom. The fourth-order valence-corrected chi connectivity index (χ4v) is 2.04. The van der Waals surface area contributed by atoms with E-state index < -0.39 is 5.97 Å². The molecule has 120 valence electrons. The zero-order valence-electron chi connectivity index (χ0n) is 12.9. The number of hydrogen-bond acceptors (Lipinski definition) is 6. The quantitative estimate of drug-likeness (QED) is 0.622. The first-order chi connectivity index (χ1) is 11.0. The molecule has 0 unspecified atom stereocenters. The third-order valence-corrected chi connectivity index (χ3v) is 3.24. The molecule has 0 saturated carbocycles. The summed E-state index contributed by atoms with van der Waals surface area (Å²) in [6, 6.07) is 6.62. The summed E-state index contributed by atoms with van der Waals surface area (Å²) < 4.78 is 4.71. The standard InChI is InChI=1S/C16H17ClN4O2/c1-4-7-18-16-19-10(2)8-14(21-16)20-13-9-11(15(22)23-3)5-6-12(13)17/h4-6,8-9H,1,7H2,2-3H3,(H2,18,19,20,21). The van der Waals surface area contributed by atoms with Gasteiger partial charge in [0, 0.05) is 18.3 Å². The molecule has 0 spiro atoms. The van der Waals surface area contributed by atoms with Crippen LogP contribution in [0.3, 0.4) is 0 Å². The van der Waals surface area contributed by atoms with Crippen molar-refractivity contribution in [3.63, 3.8) is 0 Å². The van der Waals surface area contributed by atoms with Crippen molar-refractivity contribution in [2.45, 2.75) is 6.92 Å². The van der Waals surface area contributed by atoms with Crippen LogP contribution in [0.4, 0.5) is 17.5 Å². The third kappa shape index (κ3) is 4.43. The van der Waals surface area contributed by atoms with E-state index in [4.69, 9.17) is 16.3 Å². The van der Waals surface area contributed by atoms with Crippen LogP contribution in [0.25, 0.3) is 0 Å². The van der Waals surface area contributed by atoms with Gasteiger partial charge in [0.15, 0.2) is 0 Å². The average molecular weight is 333 g/mol. The van der Waals surface area contributed by atoms with Crippen LogP contribution in [-0.2, 0) is 4.74 Å². The summed E-state index contributed by atoms with van der Waals surface area (Å²) in [6.45, 7) is 6.06. The molecule has 1 heterocycles. The van der Waals surface area contributed by atoms with Gasteiger partial charge in [-0.1, -0.05) is 17.7 Å². The van der Waals surface area contributed by atoms with E-state index >= 15 is 0 Å². The molecule has 0 aliphatic carbocycles. The molecule has 0 bridgehead atoms. The highest BCUT2D eigenvalue weighted by atomic mass is 35.5. The zero-order chi connectivity index (χ0) is 16.8. The van der Waals surface area contributed by atoms with E-state index in [1.165, 1.54) is 7.11 Å². The van der Waals surface area contributed by atoms with Gasteiger partial charge >= 0.3 is 5.97 Å². The largest absolute Gasteiger partial charge is 0.465 e. The Kier molecular flexibility index (Phi) is 5.54. The molecule has 0 radical (unpaired) electrons. The van der Waals surface area contributed by atoms with E-state index in [9.17, 15) is 4.79 Å². The van der Waals surface area contributed by atoms with Crippen LogP contribution in [0.1, 0.15) is 16.1 Å². The van der Waals surface area contributed by atoms with Gasteiger partial charge in [-0.2, -0.15) is 4.98 Å². The summed E-state index contributed by atoms with van der Waals surface area (Å²) in [6.07, 6.45) is 1.72. The molecule has 2 N–H and O–H groups in total. The van der Waals surface area contributed by atoms with Crippen LogP contribution in [-0.4, -0.2) is 29.6 Å². The molecule has 2 aromatic rings. The number of aromatic nitrogens is 2. The van der Waals surface area contributed by atoms with Crippen molar-refractivity contribution in [2.75, 3.05) is 24.3 Å². The summed E-state index contributed by atoms with van der Waals surface area (Å²) in [5, 5.41) is 6.59. The second-order valence-electron chi connectivity index (χ2n) is 4.70. The fraction of sp³-hybridized carbons (Fsp3) is 0.188. The summed E-state index contributed by atoms with van der Waals surface area (Å²) >= 11 is 6.17. The van der Waals surface area contributed by atoms with Crippen LogP contribution in [0, 0.1) is 6.92 Å². The van der Waals surface area contributed by atoms with Crippen molar-refractivity contribution in [1.82, 2.24) is 9.97 Å². The number of anilines is 3. The lowest BCUT2D eigenvalue weighted by atomic mass is 10.2. The Morgan fingerprint density at radius 2 is 2.17 bits per heavy atom. The number of nitrogens with zero attached hydrogens (tertiary/aromatic N) is 2. The Bertz CT molecular complexity index is 734. The van der Waals surface area contributed by atoms with Gasteiger partial charge in [0.25, 0.3) is 0 Å². The van der Waals surface area contributed by atoms with E-state index in [1.807, 2.05) is 6.92 Å². The number of hydrogen-bond donors (Lipinski definition) is 2. The molecule has 0 aliphatic heterocycles. The molecular weight excluding hydrogens is 316 g/mol. The van der Waals surface area contributed by atoms with Gasteiger partial charge in [0.2, 0.25) is 5.95 Å². The number of rotatable bonds is 6. The Balaban J connectivity index is 2.29. The number of benzene rings is 1. The maximum absolute atomic E-state index is 11.6. The second kappa shape index (κ2) is 7.60. The summed E-state index contributed by atoms with van der Waals surface area (Å²) in [5.74, 6) is 0.609. The average Bonchev–Trinajstić information content (AvgIpc) is 2.53. The molecule has 0 amide bonds. The smallest absolute Gasteiger partial charge is 0.337 e. The predicted molar refractivity (Wildman–Crippen MR) is 91.5 cm³/mol. The van der Waals surface area contributed by atoms with Crippen molar-refractivity contribution in [3.05, 3.63) is 53.2 Å². The van der Waals surface area contributed by atoms with Gasteiger partial charge in [-0.3, -0.25) is 0 Å². The Morgan fingerprint density at radius 1 is 1.39 bits per heavy atom. The number of carbonyl (C=O) groups is 1. The van der Waals surface area contributed by atoms with E-state index in [0.29, 0.717) is 34.6 Å². The van der Waals surface area contributed by atoms with Gasteiger partial charge < -0.3 is 15.4 Å². The first kappa shape index (κ1) is 16.8. The van der Waals surface area contributed by atoms with Gasteiger partial charge in [0.1, 0.15) is 5.82 Å².